The molecule has 11 heavy (non-hydrogen) atoms. The Kier molecular flexibility index (Phi) is 2.54. The minimum absolute atomic E-state index is 0.420. The predicted molar refractivity (Wildman–Crippen MR) is 46.8 cm³/mol. The average Bonchev–Trinajstić information content (AvgIpc) is 1.97. The van der Waals surface area contributed by atoms with Crippen molar-refractivity contribution >= 4 is 29.0 Å². The maximum absolute atomic E-state index is 5.73. The Hall–Kier alpha value is -0.510. The second-order valence-electron chi connectivity index (χ2n) is 2.03. The molecule has 1 aromatic rings. The SMILES string of the molecule is Cc1nc(NN)c(Cl)cc1Cl. The fraction of sp³-hybridized carbons (Fsp3) is 0.167. The molecule has 0 saturated heterocycles. The highest BCUT2D eigenvalue weighted by atomic mass is 35.5. The van der Waals surface area contributed by atoms with Crippen molar-refractivity contribution in [2.45, 2.75) is 6.92 Å². The minimum Gasteiger partial charge on any atom is -0.307 e. The van der Waals surface area contributed by atoms with Crippen molar-refractivity contribution < 1.29 is 0 Å². The Morgan fingerprint density at radius 2 is 2.09 bits per heavy atom. The van der Waals surface area contributed by atoms with Crippen LogP contribution in [-0.2, 0) is 0 Å². The third-order valence-corrected chi connectivity index (χ3v) is 1.91. The maximum Gasteiger partial charge on any atom is 0.159 e. The molecule has 3 nitrogen and oxygen atoms in total. The molecule has 0 aliphatic heterocycles. The Bertz CT molecular complexity index is 275. The van der Waals surface area contributed by atoms with Crippen LogP contribution in [0.3, 0.4) is 0 Å². The molecular formula is C6H7Cl2N3. The van der Waals surface area contributed by atoms with Crippen LogP contribution in [0.25, 0.3) is 0 Å². The largest absolute Gasteiger partial charge is 0.307 e. The summed E-state index contributed by atoms with van der Waals surface area (Å²) in [4.78, 5) is 3.99. The number of hydrogen-bond donors (Lipinski definition) is 2. The van der Waals surface area contributed by atoms with E-state index in [2.05, 4.69) is 10.4 Å². The second-order valence-corrected chi connectivity index (χ2v) is 2.84. The molecular weight excluding hydrogens is 185 g/mol. The number of hydrazine groups is 1. The van der Waals surface area contributed by atoms with Crippen LogP contribution in [0.2, 0.25) is 10.0 Å². The molecule has 1 aromatic heterocycles. The van der Waals surface area contributed by atoms with Crippen LogP contribution in [-0.4, -0.2) is 4.98 Å². The summed E-state index contributed by atoms with van der Waals surface area (Å²) in [5, 5.41) is 0.956. The lowest BCUT2D eigenvalue weighted by Crippen LogP contribution is -2.09. The number of aryl methyl sites for hydroxylation is 1. The Balaban J connectivity index is 3.21. The molecule has 0 radical (unpaired) electrons. The summed E-state index contributed by atoms with van der Waals surface area (Å²) in [5.74, 6) is 5.57. The number of aromatic nitrogens is 1. The van der Waals surface area contributed by atoms with Crippen molar-refractivity contribution in [2.24, 2.45) is 5.84 Å². The van der Waals surface area contributed by atoms with Gasteiger partial charge in [0.1, 0.15) is 0 Å². The lowest BCUT2D eigenvalue weighted by atomic mass is 10.4. The topological polar surface area (TPSA) is 50.9 Å². The first-order valence-corrected chi connectivity index (χ1v) is 3.70. The van der Waals surface area contributed by atoms with Crippen LogP contribution in [0.15, 0.2) is 6.07 Å². The summed E-state index contributed by atoms with van der Waals surface area (Å²) in [7, 11) is 0. The molecule has 0 aliphatic carbocycles. The molecule has 0 spiro atoms. The Morgan fingerprint density at radius 1 is 1.45 bits per heavy atom. The molecule has 5 heteroatoms. The van der Waals surface area contributed by atoms with Crippen molar-refractivity contribution in [2.75, 3.05) is 5.43 Å². The summed E-state index contributed by atoms with van der Waals surface area (Å²) in [6, 6.07) is 1.60. The van der Waals surface area contributed by atoms with E-state index in [0.717, 1.165) is 0 Å². The first-order valence-electron chi connectivity index (χ1n) is 2.94. The smallest absolute Gasteiger partial charge is 0.159 e. The van der Waals surface area contributed by atoms with E-state index in [4.69, 9.17) is 29.0 Å². The quantitative estimate of drug-likeness (QED) is 0.528. The van der Waals surface area contributed by atoms with Gasteiger partial charge in [0.05, 0.1) is 15.7 Å². The lowest BCUT2D eigenvalue weighted by Gasteiger charge is -2.03. The molecule has 1 rings (SSSR count). The van der Waals surface area contributed by atoms with Crippen LogP contribution in [0.4, 0.5) is 5.82 Å². The van der Waals surface area contributed by atoms with Crippen LogP contribution in [0.5, 0.6) is 0 Å². The van der Waals surface area contributed by atoms with Gasteiger partial charge in [0.15, 0.2) is 5.82 Å². The first kappa shape index (κ1) is 8.59. The zero-order chi connectivity index (χ0) is 8.43. The van der Waals surface area contributed by atoms with Gasteiger partial charge in [-0.2, -0.15) is 0 Å². The summed E-state index contributed by atoms with van der Waals surface area (Å²) < 4.78 is 0. The van der Waals surface area contributed by atoms with E-state index in [9.17, 15) is 0 Å². The number of rotatable bonds is 1. The van der Waals surface area contributed by atoms with Crippen LogP contribution in [0.1, 0.15) is 5.69 Å². The number of hydrogen-bond acceptors (Lipinski definition) is 3. The third kappa shape index (κ3) is 1.74. The molecule has 60 valence electrons. The number of anilines is 1. The molecule has 1 heterocycles. The van der Waals surface area contributed by atoms with Crippen molar-refractivity contribution in [3.8, 4) is 0 Å². The summed E-state index contributed by atoms with van der Waals surface area (Å²) in [6.45, 7) is 1.78. The number of pyridine rings is 1. The number of nitrogens with zero attached hydrogens (tertiary/aromatic N) is 1. The van der Waals surface area contributed by atoms with Crippen LogP contribution >= 0.6 is 23.2 Å². The highest BCUT2D eigenvalue weighted by molar-refractivity contribution is 6.36. The standard InChI is InChI=1S/C6H7Cl2N3/c1-3-4(7)2-5(8)6(10-3)11-9/h2H,9H2,1H3,(H,10,11). The number of nitrogen functional groups attached to an aromatic ring is 1. The van der Waals surface area contributed by atoms with E-state index in [1.165, 1.54) is 0 Å². The zero-order valence-corrected chi connectivity index (χ0v) is 7.37. The predicted octanol–water partition coefficient (Wildman–Crippen LogP) is 1.98. The van der Waals surface area contributed by atoms with E-state index in [-0.39, 0.29) is 0 Å². The van der Waals surface area contributed by atoms with Gasteiger partial charge in [-0.1, -0.05) is 23.2 Å². The van der Waals surface area contributed by atoms with E-state index in [0.29, 0.717) is 21.6 Å². The van der Waals surface area contributed by atoms with E-state index < -0.39 is 0 Å². The van der Waals surface area contributed by atoms with Gasteiger partial charge in [-0.15, -0.1) is 0 Å². The molecule has 0 saturated carbocycles. The maximum atomic E-state index is 5.73. The highest BCUT2D eigenvalue weighted by Crippen LogP contribution is 2.24. The normalized spacial score (nSPS) is 9.82. The molecule has 0 unspecified atom stereocenters. The zero-order valence-electron chi connectivity index (χ0n) is 5.86. The molecule has 0 aliphatic rings. The molecule has 0 amide bonds. The molecule has 0 bridgehead atoms. The summed E-state index contributed by atoms with van der Waals surface area (Å²) in [6.07, 6.45) is 0. The van der Waals surface area contributed by atoms with Gasteiger partial charge in [0, 0.05) is 0 Å². The Labute approximate surface area is 74.5 Å². The monoisotopic (exact) mass is 191 g/mol. The van der Waals surface area contributed by atoms with Crippen LogP contribution < -0.4 is 11.3 Å². The van der Waals surface area contributed by atoms with Gasteiger partial charge in [-0.05, 0) is 13.0 Å². The number of nitrogens with two attached hydrogens (primary N) is 1. The van der Waals surface area contributed by atoms with Gasteiger partial charge < -0.3 is 5.43 Å². The van der Waals surface area contributed by atoms with Gasteiger partial charge in [-0.25, -0.2) is 10.8 Å². The van der Waals surface area contributed by atoms with Gasteiger partial charge in [0.25, 0.3) is 0 Å². The van der Waals surface area contributed by atoms with E-state index in [1.54, 1.807) is 13.0 Å². The minimum atomic E-state index is 0.420. The molecule has 0 aromatic carbocycles. The number of nitrogens with one attached hydrogen (secondary N) is 1. The van der Waals surface area contributed by atoms with Crippen molar-refractivity contribution in [3.63, 3.8) is 0 Å². The lowest BCUT2D eigenvalue weighted by molar-refractivity contribution is 1.16. The molecule has 0 atom stereocenters. The van der Waals surface area contributed by atoms with Crippen molar-refractivity contribution in [1.29, 1.82) is 0 Å². The third-order valence-electron chi connectivity index (χ3n) is 1.24. The second kappa shape index (κ2) is 3.26. The van der Waals surface area contributed by atoms with E-state index >= 15 is 0 Å². The fourth-order valence-electron chi connectivity index (χ4n) is 0.660. The average molecular weight is 192 g/mol. The van der Waals surface area contributed by atoms with Crippen molar-refractivity contribution in [1.82, 2.24) is 4.98 Å². The van der Waals surface area contributed by atoms with Crippen LogP contribution in [0, 0.1) is 6.92 Å². The van der Waals surface area contributed by atoms with E-state index in [1.807, 2.05) is 0 Å². The fourth-order valence-corrected chi connectivity index (χ4v) is 1.07. The molecule has 3 N–H and O–H groups in total. The number of halogens is 2. The molecule has 0 fully saturated rings. The first-order chi connectivity index (χ1) is 5.15. The summed E-state index contributed by atoms with van der Waals surface area (Å²) >= 11 is 11.4. The van der Waals surface area contributed by atoms with Gasteiger partial charge in [0.2, 0.25) is 0 Å². The van der Waals surface area contributed by atoms with Gasteiger partial charge in [-0.3, -0.25) is 0 Å². The summed E-state index contributed by atoms with van der Waals surface area (Å²) in [5.41, 5.74) is 3.06. The van der Waals surface area contributed by atoms with Gasteiger partial charge >= 0.3 is 0 Å². The van der Waals surface area contributed by atoms with Crippen molar-refractivity contribution in [3.05, 3.63) is 21.8 Å². The highest BCUT2D eigenvalue weighted by Gasteiger charge is 2.03. The Morgan fingerprint density at radius 3 is 2.64 bits per heavy atom.